The van der Waals surface area contributed by atoms with Crippen molar-refractivity contribution in [3.05, 3.63) is 5.82 Å². The number of carbonyl (C=O) groups excluding carboxylic acids is 1. The minimum absolute atomic E-state index is 0.253. The smallest absolute Gasteiger partial charge is 0.244 e. The van der Waals surface area contributed by atoms with Crippen molar-refractivity contribution in [2.24, 2.45) is 0 Å². The van der Waals surface area contributed by atoms with E-state index in [0.29, 0.717) is 12.2 Å². The minimum Gasteiger partial charge on any atom is -0.346 e. The van der Waals surface area contributed by atoms with E-state index in [0.717, 1.165) is 0 Å². The summed E-state index contributed by atoms with van der Waals surface area (Å²) in [5, 5.41) is 6.21. The van der Waals surface area contributed by atoms with Crippen LogP contribution >= 0.6 is 0 Å². The van der Waals surface area contributed by atoms with Crippen LogP contribution in [0.5, 0.6) is 0 Å². The second-order valence-electron chi connectivity index (χ2n) is 2.03. The van der Waals surface area contributed by atoms with Gasteiger partial charge in [0.15, 0.2) is 12.1 Å². The molecule has 1 rings (SSSR count). The Morgan fingerprint density at radius 3 is 2.60 bits per heavy atom. The highest BCUT2D eigenvalue weighted by atomic mass is 16.1. The topological polar surface area (TPSA) is 61.9 Å². The number of aromatic nitrogens is 3. The summed E-state index contributed by atoms with van der Waals surface area (Å²) in [5.41, 5.74) is 0. The number of anilines is 1. The predicted octanol–water partition coefficient (Wildman–Crippen LogP) is -0.317. The van der Waals surface area contributed by atoms with E-state index in [9.17, 15) is 4.79 Å². The van der Waals surface area contributed by atoms with Crippen LogP contribution in [0.3, 0.4) is 0 Å². The summed E-state index contributed by atoms with van der Waals surface area (Å²) < 4.78 is 0. The van der Waals surface area contributed by atoms with Gasteiger partial charge in [0.05, 0.1) is 0 Å². The van der Waals surface area contributed by atoms with Crippen molar-refractivity contribution in [2.75, 3.05) is 19.0 Å². The van der Waals surface area contributed by atoms with Crippen LogP contribution in [0.4, 0.5) is 5.95 Å². The predicted molar refractivity (Wildman–Crippen MR) is 36.1 cm³/mol. The number of nitrogens with zero attached hydrogens (tertiary/aromatic N) is 3. The highest BCUT2D eigenvalue weighted by Gasteiger charge is 2.01. The van der Waals surface area contributed by atoms with Gasteiger partial charge < -0.3 is 4.90 Å². The summed E-state index contributed by atoms with van der Waals surface area (Å²) in [7, 11) is 3.61. The van der Waals surface area contributed by atoms with Crippen LogP contribution in [-0.4, -0.2) is 35.6 Å². The molecule has 54 valence electrons. The number of nitrogens with one attached hydrogen (secondary N) is 1. The molecule has 1 aromatic heterocycles. The Morgan fingerprint density at radius 2 is 2.30 bits per heavy atom. The van der Waals surface area contributed by atoms with Crippen molar-refractivity contribution >= 4 is 12.2 Å². The lowest BCUT2D eigenvalue weighted by molar-refractivity contribution is 0.111. The Labute approximate surface area is 58.1 Å². The van der Waals surface area contributed by atoms with Crippen molar-refractivity contribution in [1.29, 1.82) is 0 Å². The maximum Gasteiger partial charge on any atom is 0.244 e. The van der Waals surface area contributed by atoms with Crippen LogP contribution < -0.4 is 4.90 Å². The van der Waals surface area contributed by atoms with Gasteiger partial charge in [0.1, 0.15) is 0 Å². The third-order valence-electron chi connectivity index (χ3n) is 1.00. The van der Waals surface area contributed by atoms with Gasteiger partial charge in [-0.1, -0.05) is 0 Å². The van der Waals surface area contributed by atoms with Gasteiger partial charge >= 0.3 is 0 Å². The first-order chi connectivity index (χ1) is 4.74. The quantitative estimate of drug-likeness (QED) is 0.572. The summed E-state index contributed by atoms with van der Waals surface area (Å²) >= 11 is 0. The zero-order valence-electron chi connectivity index (χ0n) is 5.83. The Morgan fingerprint density at radius 1 is 1.60 bits per heavy atom. The molecular formula is C5H8N4O. The highest BCUT2D eigenvalue weighted by molar-refractivity contribution is 5.69. The fourth-order valence-electron chi connectivity index (χ4n) is 0.518. The van der Waals surface area contributed by atoms with Gasteiger partial charge in [-0.2, -0.15) is 4.98 Å². The zero-order chi connectivity index (χ0) is 7.56. The summed E-state index contributed by atoms with van der Waals surface area (Å²) in [6.45, 7) is 0. The summed E-state index contributed by atoms with van der Waals surface area (Å²) in [6, 6.07) is 0. The maximum atomic E-state index is 10.1. The monoisotopic (exact) mass is 140 g/mol. The first kappa shape index (κ1) is 6.73. The number of rotatable bonds is 2. The molecule has 0 saturated carbocycles. The van der Waals surface area contributed by atoms with E-state index in [2.05, 4.69) is 15.2 Å². The molecule has 0 amide bonds. The molecular weight excluding hydrogens is 132 g/mol. The van der Waals surface area contributed by atoms with E-state index in [1.165, 1.54) is 0 Å². The third kappa shape index (κ3) is 1.12. The molecule has 0 spiro atoms. The molecule has 0 fully saturated rings. The molecule has 0 atom stereocenters. The number of H-pyrrole nitrogens is 1. The minimum atomic E-state index is 0.253. The molecule has 0 unspecified atom stereocenters. The Kier molecular flexibility index (Phi) is 1.66. The van der Waals surface area contributed by atoms with Crippen LogP contribution in [0.2, 0.25) is 0 Å². The molecule has 0 aliphatic carbocycles. The highest BCUT2D eigenvalue weighted by Crippen LogP contribution is 1.98. The second-order valence-corrected chi connectivity index (χ2v) is 2.03. The number of hydrogen-bond donors (Lipinski definition) is 1. The molecule has 0 radical (unpaired) electrons. The second kappa shape index (κ2) is 2.47. The van der Waals surface area contributed by atoms with E-state index in [-0.39, 0.29) is 5.82 Å². The number of hydrogen-bond acceptors (Lipinski definition) is 4. The van der Waals surface area contributed by atoms with Crippen LogP contribution in [-0.2, 0) is 0 Å². The van der Waals surface area contributed by atoms with Crippen LogP contribution in [0.15, 0.2) is 0 Å². The molecule has 1 aromatic rings. The van der Waals surface area contributed by atoms with E-state index in [1.54, 1.807) is 19.0 Å². The molecule has 0 aliphatic heterocycles. The summed E-state index contributed by atoms with van der Waals surface area (Å²) in [4.78, 5) is 15.6. The fraction of sp³-hybridized carbons (Fsp3) is 0.400. The van der Waals surface area contributed by atoms with Crippen molar-refractivity contribution in [3.8, 4) is 0 Å². The van der Waals surface area contributed by atoms with Gasteiger partial charge in [0.2, 0.25) is 5.95 Å². The first-order valence-electron chi connectivity index (χ1n) is 2.79. The molecule has 0 saturated heterocycles. The molecule has 1 heterocycles. The lowest BCUT2D eigenvalue weighted by Gasteiger charge is -2.02. The van der Waals surface area contributed by atoms with Gasteiger partial charge in [0.25, 0.3) is 0 Å². The zero-order valence-corrected chi connectivity index (χ0v) is 5.83. The van der Waals surface area contributed by atoms with E-state index in [1.807, 2.05) is 0 Å². The summed E-state index contributed by atoms with van der Waals surface area (Å²) in [6.07, 6.45) is 0.625. The first-order valence-corrected chi connectivity index (χ1v) is 2.79. The van der Waals surface area contributed by atoms with Crippen molar-refractivity contribution < 1.29 is 4.79 Å². The van der Waals surface area contributed by atoms with Gasteiger partial charge in [-0.15, -0.1) is 5.10 Å². The van der Waals surface area contributed by atoms with Crippen molar-refractivity contribution in [3.63, 3.8) is 0 Å². The molecule has 5 heteroatoms. The molecule has 0 bridgehead atoms. The van der Waals surface area contributed by atoms with Crippen LogP contribution in [0.1, 0.15) is 10.6 Å². The van der Waals surface area contributed by atoms with Crippen molar-refractivity contribution in [1.82, 2.24) is 15.2 Å². The van der Waals surface area contributed by atoms with E-state index in [4.69, 9.17) is 0 Å². The lowest BCUT2D eigenvalue weighted by atomic mass is 10.7. The fourth-order valence-corrected chi connectivity index (χ4v) is 0.518. The molecule has 5 nitrogen and oxygen atoms in total. The Balaban J connectivity index is 2.88. The number of aromatic amines is 1. The van der Waals surface area contributed by atoms with Gasteiger partial charge in [-0.05, 0) is 0 Å². The number of aldehydes is 1. The molecule has 0 aliphatic rings. The van der Waals surface area contributed by atoms with Crippen LogP contribution in [0.25, 0.3) is 0 Å². The normalized spacial score (nSPS) is 9.40. The SMILES string of the molecule is CN(C)c1n[nH]c(C=O)n1. The van der Waals surface area contributed by atoms with Gasteiger partial charge in [0, 0.05) is 14.1 Å². The summed E-state index contributed by atoms with van der Waals surface area (Å²) in [5.74, 6) is 0.769. The van der Waals surface area contributed by atoms with Crippen molar-refractivity contribution in [2.45, 2.75) is 0 Å². The number of carbonyl (C=O) groups is 1. The largest absolute Gasteiger partial charge is 0.346 e. The average molecular weight is 140 g/mol. The standard InChI is InChI=1S/C5H8N4O/c1-9(2)5-6-4(3-10)7-8-5/h3H,1-2H3,(H,6,7,8). The van der Waals surface area contributed by atoms with Gasteiger partial charge in [-0.25, -0.2) is 0 Å². The average Bonchev–Trinajstić information content (AvgIpc) is 2.34. The maximum absolute atomic E-state index is 10.1. The van der Waals surface area contributed by atoms with Gasteiger partial charge in [-0.3, -0.25) is 9.89 Å². The lowest BCUT2D eigenvalue weighted by Crippen LogP contribution is -2.10. The van der Waals surface area contributed by atoms with E-state index < -0.39 is 0 Å². The van der Waals surface area contributed by atoms with E-state index >= 15 is 0 Å². The van der Waals surface area contributed by atoms with Crippen LogP contribution in [0, 0.1) is 0 Å². The Bertz CT molecular complexity index is 229. The molecule has 10 heavy (non-hydrogen) atoms. The third-order valence-corrected chi connectivity index (χ3v) is 1.00. The molecule has 1 N–H and O–H groups in total. The molecule has 0 aromatic carbocycles. The Hall–Kier alpha value is -1.39.